The van der Waals surface area contributed by atoms with Crippen molar-refractivity contribution in [3.63, 3.8) is 0 Å². The molecule has 2 nitrogen and oxygen atoms in total. The number of halogens is 1. The number of rotatable bonds is 1. The average molecular weight is 242 g/mol. The molecule has 1 unspecified atom stereocenters. The van der Waals surface area contributed by atoms with Gasteiger partial charge in [0.25, 0.3) is 0 Å². The number of alkyl halides is 1. The van der Waals surface area contributed by atoms with Crippen LogP contribution < -0.4 is 5.32 Å². The van der Waals surface area contributed by atoms with Gasteiger partial charge in [0.05, 0.1) is 6.61 Å². The second kappa shape index (κ2) is 3.78. The highest BCUT2D eigenvalue weighted by Gasteiger charge is 2.31. The molecule has 1 aliphatic rings. The summed E-state index contributed by atoms with van der Waals surface area (Å²) >= 11 is 3.62. The first-order valence-electron chi connectivity index (χ1n) is 4.40. The van der Waals surface area contributed by atoms with Crippen LogP contribution in [-0.4, -0.2) is 19.7 Å². The third kappa shape index (κ3) is 1.93. The Balaban J connectivity index is 2.23. The van der Waals surface area contributed by atoms with Gasteiger partial charge in [-0.3, -0.25) is 0 Å². The molecule has 3 heteroatoms. The van der Waals surface area contributed by atoms with Gasteiger partial charge >= 0.3 is 0 Å². The second-order valence-electron chi connectivity index (χ2n) is 3.12. The molecule has 1 aliphatic heterocycles. The lowest BCUT2D eigenvalue weighted by atomic mass is 10.1. The zero-order chi connectivity index (χ0) is 9.15. The summed E-state index contributed by atoms with van der Waals surface area (Å²) < 4.78 is 5.38. The number of nitrogens with one attached hydrogen (secondary N) is 1. The van der Waals surface area contributed by atoms with Gasteiger partial charge in [-0.25, -0.2) is 0 Å². The lowest BCUT2D eigenvalue weighted by Gasteiger charge is -2.32. The molecule has 13 heavy (non-hydrogen) atoms. The number of benzene rings is 1. The maximum Gasteiger partial charge on any atom is 0.160 e. The van der Waals surface area contributed by atoms with Gasteiger partial charge in [0, 0.05) is 13.1 Å². The molecular formula is C10H12BrNO. The third-order valence-corrected chi connectivity index (χ3v) is 3.13. The molecule has 2 rings (SSSR count). The molecule has 0 bridgehead atoms. The van der Waals surface area contributed by atoms with Gasteiger partial charge in [-0.2, -0.15) is 0 Å². The number of ether oxygens (including phenoxy) is 1. The molecule has 1 saturated heterocycles. The van der Waals surface area contributed by atoms with Gasteiger partial charge in [-0.15, -0.1) is 0 Å². The SMILES string of the molecule is BrC1(c2ccccc2)CNCCO1. The van der Waals surface area contributed by atoms with E-state index in [1.54, 1.807) is 0 Å². The lowest BCUT2D eigenvalue weighted by molar-refractivity contribution is 0.00468. The van der Waals surface area contributed by atoms with Crippen molar-refractivity contribution in [2.45, 2.75) is 4.51 Å². The highest BCUT2D eigenvalue weighted by Crippen LogP contribution is 2.33. The van der Waals surface area contributed by atoms with Crippen LogP contribution in [0.3, 0.4) is 0 Å². The summed E-state index contributed by atoms with van der Waals surface area (Å²) in [6, 6.07) is 10.2. The van der Waals surface area contributed by atoms with Gasteiger partial charge in [0.15, 0.2) is 4.51 Å². The molecule has 0 amide bonds. The Morgan fingerprint density at radius 1 is 1.31 bits per heavy atom. The first kappa shape index (κ1) is 9.19. The normalized spacial score (nSPS) is 28.7. The van der Waals surface area contributed by atoms with E-state index in [2.05, 4.69) is 33.4 Å². The van der Waals surface area contributed by atoms with Crippen LogP contribution in [0.15, 0.2) is 30.3 Å². The van der Waals surface area contributed by atoms with Crippen molar-refractivity contribution in [3.05, 3.63) is 35.9 Å². The third-order valence-electron chi connectivity index (χ3n) is 2.17. The van der Waals surface area contributed by atoms with Crippen molar-refractivity contribution >= 4 is 15.9 Å². The average Bonchev–Trinajstić information content (AvgIpc) is 2.20. The van der Waals surface area contributed by atoms with Crippen LogP contribution in [0.5, 0.6) is 0 Å². The first-order chi connectivity index (χ1) is 6.31. The van der Waals surface area contributed by atoms with E-state index < -0.39 is 0 Å². The van der Waals surface area contributed by atoms with E-state index in [-0.39, 0.29) is 4.51 Å². The standard InChI is InChI=1S/C10H12BrNO/c11-10(8-12-6-7-13-10)9-4-2-1-3-5-9/h1-5,12H,6-8H2. The van der Waals surface area contributed by atoms with Crippen molar-refractivity contribution in [1.29, 1.82) is 0 Å². The van der Waals surface area contributed by atoms with Gasteiger partial charge in [0.2, 0.25) is 0 Å². The summed E-state index contributed by atoms with van der Waals surface area (Å²) in [7, 11) is 0. The van der Waals surface area contributed by atoms with E-state index in [1.807, 2.05) is 18.2 Å². The zero-order valence-corrected chi connectivity index (χ0v) is 8.88. The molecular weight excluding hydrogens is 230 g/mol. The van der Waals surface area contributed by atoms with Gasteiger partial charge in [0.1, 0.15) is 0 Å². The molecule has 0 aromatic heterocycles. The maximum absolute atomic E-state index is 5.71. The van der Waals surface area contributed by atoms with Crippen molar-refractivity contribution < 1.29 is 4.74 Å². The topological polar surface area (TPSA) is 21.3 Å². The quantitative estimate of drug-likeness (QED) is 0.759. The highest BCUT2D eigenvalue weighted by atomic mass is 79.9. The molecule has 1 aromatic rings. The highest BCUT2D eigenvalue weighted by molar-refractivity contribution is 9.09. The van der Waals surface area contributed by atoms with Gasteiger partial charge in [-0.05, 0) is 21.5 Å². The van der Waals surface area contributed by atoms with E-state index >= 15 is 0 Å². The predicted octanol–water partition coefficient (Wildman–Crippen LogP) is 1.85. The number of hydrogen-bond acceptors (Lipinski definition) is 2. The van der Waals surface area contributed by atoms with Crippen LogP contribution in [0.2, 0.25) is 0 Å². The predicted molar refractivity (Wildman–Crippen MR) is 55.9 cm³/mol. The molecule has 70 valence electrons. The van der Waals surface area contributed by atoms with Crippen molar-refractivity contribution in [3.8, 4) is 0 Å². The van der Waals surface area contributed by atoms with Crippen LogP contribution in [0.4, 0.5) is 0 Å². The molecule has 1 heterocycles. The smallest absolute Gasteiger partial charge is 0.160 e. The minimum atomic E-state index is -0.327. The second-order valence-corrected chi connectivity index (χ2v) is 4.40. The lowest BCUT2D eigenvalue weighted by Crippen LogP contribution is -2.43. The van der Waals surface area contributed by atoms with Crippen LogP contribution in [-0.2, 0) is 9.25 Å². The van der Waals surface area contributed by atoms with Crippen LogP contribution in [0, 0.1) is 0 Å². The monoisotopic (exact) mass is 241 g/mol. The summed E-state index contributed by atoms with van der Waals surface area (Å²) in [6.45, 7) is 2.50. The van der Waals surface area contributed by atoms with Crippen LogP contribution in [0.25, 0.3) is 0 Å². The number of morpholine rings is 1. The Hall–Kier alpha value is -0.380. The van der Waals surface area contributed by atoms with Crippen molar-refractivity contribution in [2.24, 2.45) is 0 Å². The van der Waals surface area contributed by atoms with Crippen LogP contribution in [0.1, 0.15) is 5.56 Å². The molecule has 1 N–H and O–H groups in total. The Morgan fingerprint density at radius 3 is 2.69 bits per heavy atom. The fourth-order valence-electron chi connectivity index (χ4n) is 1.46. The fraction of sp³-hybridized carbons (Fsp3) is 0.400. The van der Waals surface area contributed by atoms with E-state index in [1.165, 1.54) is 5.56 Å². The molecule has 0 aliphatic carbocycles. The Kier molecular flexibility index (Phi) is 2.67. The Labute approximate surface area is 86.4 Å². The Morgan fingerprint density at radius 2 is 2.08 bits per heavy atom. The summed E-state index contributed by atoms with van der Waals surface area (Å²) in [6.07, 6.45) is 0. The molecule has 1 aromatic carbocycles. The maximum atomic E-state index is 5.71. The minimum Gasteiger partial charge on any atom is -0.357 e. The van der Waals surface area contributed by atoms with E-state index in [4.69, 9.17) is 4.74 Å². The summed E-state index contributed by atoms with van der Waals surface area (Å²) in [4.78, 5) is 0. The summed E-state index contributed by atoms with van der Waals surface area (Å²) in [5, 5.41) is 3.30. The molecule has 1 fully saturated rings. The van der Waals surface area contributed by atoms with Crippen molar-refractivity contribution in [1.82, 2.24) is 5.32 Å². The zero-order valence-electron chi connectivity index (χ0n) is 7.29. The van der Waals surface area contributed by atoms with Crippen LogP contribution >= 0.6 is 15.9 Å². The van der Waals surface area contributed by atoms with Gasteiger partial charge in [-0.1, -0.05) is 30.3 Å². The Bertz CT molecular complexity index is 270. The molecule has 0 saturated carbocycles. The van der Waals surface area contributed by atoms with Crippen molar-refractivity contribution in [2.75, 3.05) is 19.7 Å². The summed E-state index contributed by atoms with van der Waals surface area (Å²) in [5.74, 6) is 0. The first-order valence-corrected chi connectivity index (χ1v) is 5.20. The molecule has 0 spiro atoms. The summed E-state index contributed by atoms with van der Waals surface area (Å²) in [5.41, 5.74) is 1.17. The molecule has 1 atom stereocenters. The minimum absolute atomic E-state index is 0.327. The molecule has 0 radical (unpaired) electrons. The fourth-order valence-corrected chi connectivity index (χ4v) is 2.08. The van der Waals surface area contributed by atoms with E-state index in [0.717, 1.165) is 19.7 Å². The largest absolute Gasteiger partial charge is 0.357 e. The number of hydrogen-bond donors (Lipinski definition) is 1. The van der Waals surface area contributed by atoms with Gasteiger partial charge < -0.3 is 10.1 Å². The van der Waals surface area contributed by atoms with E-state index in [9.17, 15) is 0 Å². The van der Waals surface area contributed by atoms with E-state index in [0.29, 0.717) is 0 Å².